The molecule has 0 spiro atoms. The number of urea groups is 1. The van der Waals surface area contributed by atoms with Crippen LogP contribution in [0.5, 0.6) is 0 Å². The van der Waals surface area contributed by atoms with Gasteiger partial charge < -0.3 is 16.0 Å². The number of halogens is 1. The fraction of sp³-hybridized carbons (Fsp3) is 0.211. The SMILES string of the molecule is Cc1nc(N)ncc1C(=O)N(C)Cc1csc(NC(=O)NCc2cccc(F)c2)n1. The monoisotopic (exact) mass is 429 g/mol. The highest BCUT2D eigenvalue weighted by Crippen LogP contribution is 2.18. The molecular weight excluding hydrogens is 409 g/mol. The summed E-state index contributed by atoms with van der Waals surface area (Å²) in [7, 11) is 1.64. The number of hydrogen-bond acceptors (Lipinski definition) is 7. The van der Waals surface area contributed by atoms with Gasteiger partial charge in [0.15, 0.2) is 5.13 Å². The Bertz CT molecular complexity index is 1070. The number of benzene rings is 1. The number of nitrogens with two attached hydrogens (primary N) is 1. The molecule has 0 radical (unpaired) electrons. The predicted molar refractivity (Wildman–Crippen MR) is 111 cm³/mol. The Labute approximate surface area is 176 Å². The predicted octanol–water partition coefficient (Wildman–Crippen LogP) is 2.56. The maximum Gasteiger partial charge on any atom is 0.321 e. The average molecular weight is 429 g/mol. The van der Waals surface area contributed by atoms with E-state index in [1.165, 1.54) is 34.6 Å². The number of anilines is 2. The first-order valence-electron chi connectivity index (χ1n) is 8.90. The van der Waals surface area contributed by atoms with Crippen LogP contribution in [0.15, 0.2) is 35.8 Å². The lowest BCUT2D eigenvalue weighted by molar-refractivity contribution is 0.0782. The van der Waals surface area contributed by atoms with Gasteiger partial charge >= 0.3 is 6.03 Å². The second-order valence-electron chi connectivity index (χ2n) is 6.47. The van der Waals surface area contributed by atoms with Crippen molar-refractivity contribution in [1.29, 1.82) is 0 Å². The summed E-state index contributed by atoms with van der Waals surface area (Å²) < 4.78 is 13.2. The molecule has 0 atom stereocenters. The molecule has 11 heteroatoms. The fourth-order valence-corrected chi connectivity index (χ4v) is 3.32. The Morgan fingerprint density at radius 2 is 2.10 bits per heavy atom. The number of carbonyl (C=O) groups excluding carboxylic acids is 2. The highest BCUT2D eigenvalue weighted by Gasteiger charge is 2.17. The van der Waals surface area contributed by atoms with Crippen LogP contribution in [0.25, 0.3) is 0 Å². The average Bonchev–Trinajstić information content (AvgIpc) is 3.12. The Morgan fingerprint density at radius 3 is 2.83 bits per heavy atom. The molecule has 3 aromatic rings. The molecule has 3 amide bonds. The van der Waals surface area contributed by atoms with E-state index in [0.29, 0.717) is 27.6 Å². The summed E-state index contributed by atoms with van der Waals surface area (Å²) in [5, 5.41) is 7.39. The van der Waals surface area contributed by atoms with Crippen LogP contribution >= 0.6 is 11.3 Å². The van der Waals surface area contributed by atoms with Gasteiger partial charge in [0.2, 0.25) is 5.95 Å². The van der Waals surface area contributed by atoms with Gasteiger partial charge in [-0.2, -0.15) is 0 Å². The van der Waals surface area contributed by atoms with Crippen LogP contribution in [-0.4, -0.2) is 38.8 Å². The van der Waals surface area contributed by atoms with Crippen molar-refractivity contribution in [2.45, 2.75) is 20.0 Å². The van der Waals surface area contributed by atoms with Crippen molar-refractivity contribution < 1.29 is 14.0 Å². The molecule has 0 saturated carbocycles. The highest BCUT2D eigenvalue weighted by atomic mass is 32.1. The summed E-state index contributed by atoms with van der Waals surface area (Å²) in [4.78, 5) is 38.3. The standard InChI is InChI=1S/C19H20FN7O2S/c1-11-15(8-22-17(21)24-11)16(28)27(2)9-14-10-30-19(25-14)26-18(29)23-7-12-4-3-5-13(20)6-12/h3-6,8,10H,7,9H2,1-2H3,(H2,21,22,24)(H2,23,25,26,29). The van der Waals surface area contributed by atoms with Gasteiger partial charge in [0.05, 0.1) is 23.5 Å². The molecule has 0 fully saturated rings. The van der Waals surface area contributed by atoms with Crippen LogP contribution in [0.1, 0.15) is 27.3 Å². The first-order chi connectivity index (χ1) is 14.3. The van der Waals surface area contributed by atoms with Crippen molar-refractivity contribution in [2.24, 2.45) is 0 Å². The molecule has 1 aromatic carbocycles. The summed E-state index contributed by atoms with van der Waals surface area (Å²) >= 11 is 1.23. The van der Waals surface area contributed by atoms with Gasteiger partial charge in [0, 0.05) is 25.2 Å². The Balaban J connectivity index is 1.54. The van der Waals surface area contributed by atoms with E-state index in [2.05, 4.69) is 25.6 Å². The molecule has 0 aliphatic heterocycles. The molecule has 0 aliphatic rings. The third-order valence-corrected chi connectivity index (χ3v) is 4.90. The molecule has 9 nitrogen and oxygen atoms in total. The first kappa shape index (κ1) is 21.1. The lowest BCUT2D eigenvalue weighted by atomic mass is 10.2. The molecule has 4 N–H and O–H groups in total. The second kappa shape index (κ2) is 9.27. The summed E-state index contributed by atoms with van der Waals surface area (Å²) in [6.45, 7) is 2.11. The van der Waals surface area contributed by atoms with Crippen LogP contribution in [0.2, 0.25) is 0 Å². The maximum absolute atomic E-state index is 13.2. The number of nitrogens with zero attached hydrogens (tertiary/aromatic N) is 4. The number of thiazole rings is 1. The van der Waals surface area contributed by atoms with Crippen molar-refractivity contribution in [3.05, 3.63) is 64.2 Å². The van der Waals surface area contributed by atoms with Crippen molar-refractivity contribution >= 4 is 34.4 Å². The minimum atomic E-state index is -0.459. The number of amides is 3. The molecule has 0 saturated heterocycles. The minimum Gasteiger partial charge on any atom is -0.368 e. The summed E-state index contributed by atoms with van der Waals surface area (Å²) in [5.41, 5.74) is 7.63. The number of carbonyl (C=O) groups is 2. The number of hydrogen-bond donors (Lipinski definition) is 3. The zero-order valence-corrected chi connectivity index (χ0v) is 17.2. The molecular formula is C19H20FN7O2S. The van der Waals surface area contributed by atoms with E-state index in [1.54, 1.807) is 31.5 Å². The molecule has 3 rings (SSSR count). The van der Waals surface area contributed by atoms with Gasteiger partial charge in [-0.25, -0.2) is 24.1 Å². The molecule has 2 heterocycles. The van der Waals surface area contributed by atoms with Gasteiger partial charge in [-0.15, -0.1) is 11.3 Å². The molecule has 0 unspecified atom stereocenters. The van der Waals surface area contributed by atoms with Gasteiger partial charge in [-0.1, -0.05) is 12.1 Å². The maximum atomic E-state index is 13.2. The summed E-state index contributed by atoms with van der Waals surface area (Å²) in [6.07, 6.45) is 1.40. The van der Waals surface area contributed by atoms with E-state index in [4.69, 9.17) is 5.73 Å². The number of rotatable bonds is 6. The lowest BCUT2D eigenvalue weighted by Crippen LogP contribution is -2.28. The van der Waals surface area contributed by atoms with Crippen LogP contribution in [-0.2, 0) is 13.1 Å². The van der Waals surface area contributed by atoms with Crippen LogP contribution in [0.3, 0.4) is 0 Å². The normalized spacial score (nSPS) is 10.5. The quantitative estimate of drug-likeness (QED) is 0.553. The van der Waals surface area contributed by atoms with E-state index in [0.717, 1.165) is 0 Å². The van der Waals surface area contributed by atoms with Crippen molar-refractivity contribution in [3.8, 4) is 0 Å². The van der Waals surface area contributed by atoms with E-state index >= 15 is 0 Å². The lowest BCUT2D eigenvalue weighted by Gasteiger charge is -2.16. The topological polar surface area (TPSA) is 126 Å². The zero-order valence-electron chi connectivity index (χ0n) is 16.3. The van der Waals surface area contributed by atoms with Crippen LogP contribution in [0.4, 0.5) is 20.3 Å². The molecule has 30 heavy (non-hydrogen) atoms. The van der Waals surface area contributed by atoms with Gasteiger partial charge in [0.1, 0.15) is 5.82 Å². The zero-order chi connectivity index (χ0) is 21.7. The largest absolute Gasteiger partial charge is 0.368 e. The Morgan fingerprint density at radius 1 is 1.30 bits per heavy atom. The molecule has 156 valence electrons. The van der Waals surface area contributed by atoms with E-state index in [1.807, 2.05) is 0 Å². The summed E-state index contributed by atoms with van der Waals surface area (Å²) in [5.74, 6) is -0.515. The molecule has 2 aromatic heterocycles. The van der Waals surface area contributed by atoms with Gasteiger partial charge in [-0.3, -0.25) is 10.1 Å². The van der Waals surface area contributed by atoms with Crippen molar-refractivity contribution in [3.63, 3.8) is 0 Å². The second-order valence-corrected chi connectivity index (χ2v) is 7.33. The van der Waals surface area contributed by atoms with Crippen LogP contribution < -0.4 is 16.4 Å². The number of aryl methyl sites for hydroxylation is 1. The first-order valence-corrected chi connectivity index (χ1v) is 9.78. The Kier molecular flexibility index (Phi) is 6.52. The van der Waals surface area contributed by atoms with Crippen LogP contribution in [0, 0.1) is 12.7 Å². The number of nitrogens with one attached hydrogen (secondary N) is 2. The van der Waals surface area contributed by atoms with E-state index in [-0.39, 0.29) is 30.8 Å². The third kappa shape index (κ3) is 5.47. The van der Waals surface area contributed by atoms with Crippen molar-refractivity contribution in [1.82, 2.24) is 25.2 Å². The fourth-order valence-electron chi connectivity index (χ4n) is 2.62. The number of nitrogen functional groups attached to an aromatic ring is 1. The van der Waals surface area contributed by atoms with E-state index in [9.17, 15) is 14.0 Å². The highest BCUT2D eigenvalue weighted by molar-refractivity contribution is 7.13. The smallest absolute Gasteiger partial charge is 0.321 e. The third-order valence-electron chi connectivity index (χ3n) is 4.09. The molecule has 0 aliphatic carbocycles. The van der Waals surface area contributed by atoms with Crippen molar-refractivity contribution in [2.75, 3.05) is 18.1 Å². The van der Waals surface area contributed by atoms with Gasteiger partial charge in [0.25, 0.3) is 5.91 Å². The van der Waals surface area contributed by atoms with E-state index < -0.39 is 6.03 Å². The van der Waals surface area contributed by atoms with Gasteiger partial charge in [-0.05, 0) is 24.6 Å². The summed E-state index contributed by atoms with van der Waals surface area (Å²) in [6, 6.07) is 5.52. The molecule has 0 bridgehead atoms. The Hall–Kier alpha value is -3.60. The number of aromatic nitrogens is 3. The minimum absolute atomic E-state index is 0.109.